The fraction of sp³-hybridized carbons (Fsp3) is 0.538. The Morgan fingerprint density at radius 3 is 2.50 bits per heavy atom. The van der Waals surface area contributed by atoms with Crippen LogP contribution in [0.4, 0.5) is 0 Å². The lowest BCUT2D eigenvalue weighted by atomic mass is 9.98. The minimum Gasteiger partial charge on any atom is -0.457 e. The van der Waals surface area contributed by atoms with Gasteiger partial charge in [0.25, 0.3) is 0 Å². The van der Waals surface area contributed by atoms with Crippen LogP contribution in [0.25, 0.3) is 0 Å². The fourth-order valence-corrected chi connectivity index (χ4v) is 4.40. The van der Waals surface area contributed by atoms with Crippen LogP contribution in [-0.2, 0) is 19.6 Å². The molecule has 1 aliphatic rings. The lowest BCUT2D eigenvalue weighted by Crippen LogP contribution is -2.40. The van der Waals surface area contributed by atoms with E-state index in [2.05, 4.69) is 15.9 Å². The molecule has 0 N–H and O–H groups in total. The van der Waals surface area contributed by atoms with E-state index in [9.17, 15) is 18.0 Å². The first kappa shape index (κ1) is 17.6. The number of piperidine rings is 1. The van der Waals surface area contributed by atoms with E-state index in [-0.39, 0.29) is 18.3 Å². The van der Waals surface area contributed by atoms with Gasteiger partial charge in [-0.05, 0) is 40.9 Å². The Labute approximate surface area is 141 Å². The van der Waals surface area contributed by atoms with Crippen LogP contribution in [0.2, 0.25) is 0 Å². The molecule has 1 saturated heterocycles. The normalized spacial score (nSPS) is 17.4. The SMILES string of the molecule is CS(=O)(=O)N1CCC(C(=O)OCC(=O)c2ccc(Br)s2)CC1. The highest BCUT2D eigenvalue weighted by molar-refractivity contribution is 9.11. The summed E-state index contributed by atoms with van der Waals surface area (Å²) in [5, 5.41) is 0. The van der Waals surface area contributed by atoms with Gasteiger partial charge in [-0.1, -0.05) is 0 Å². The summed E-state index contributed by atoms with van der Waals surface area (Å²) < 4.78 is 30.1. The van der Waals surface area contributed by atoms with Crippen LogP contribution in [0, 0.1) is 5.92 Å². The van der Waals surface area contributed by atoms with Crippen molar-refractivity contribution < 1.29 is 22.7 Å². The van der Waals surface area contributed by atoms with Gasteiger partial charge in [0, 0.05) is 13.1 Å². The van der Waals surface area contributed by atoms with Crippen molar-refractivity contribution in [1.82, 2.24) is 4.31 Å². The molecule has 1 aromatic heterocycles. The summed E-state index contributed by atoms with van der Waals surface area (Å²) in [4.78, 5) is 24.3. The third kappa shape index (κ3) is 4.61. The molecule has 1 aromatic rings. The molecule has 1 fully saturated rings. The molecule has 122 valence electrons. The van der Waals surface area contributed by atoms with E-state index in [0.717, 1.165) is 10.0 Å². The van der Waals surface area contributed by atoms with Gasteiger partial charge < -0.3 is 4.74 Å². The zero-order valence-electron chi connectivity index (χ0n) is 12.0. The first-order valence-corrected chi connectivity index (χ1v) is 10.1. The molecule has 0 aliphatic carbocycles. The van der Waals surface area contributed by atoms with E-state index in [0.29, 0.717) is 30.8 Å². The molecule has 2 rings (SSSR count). The minimum absolute atomic E-state index is 0.238. The van der Waals surface area contributed by atoms with Crippen LogP contribution < -0.4 is 0 Å². The number of nitrogens with zero attached hydrogens (tertiary/aromatic N) is 1. The van der Waals surface area contributed by atoms with Gasteiger partial charge in [-0.25, -0.2) is 12.7 Å². The molecule has 9 heteroatoms. The average molecular weight is 410 g/mol. The maximum atomic E-state index is 11.9. The summed E-state index contributed by atoms with van der Waals surface area (Å²) >= 11 is 4.56. The second-order valence-electron chi connectivity index (χ2n) is 5.07. The van der Waals surface area contributed by atoms with Gasteiger partial charge in [0.05, 0.1) is 20.8 Å². The monoisotopic (exact) mass is 409 g/mol. The highest BCUT2D eigenvalue weighted by atomic mass is 79.9. The zero-order valence-corrected chi connectivity index (χ0v) is 15.2. The van der Waals surface area contributed by atoms with Crippen LogP contribution in [0.3, 0.4) is 0 Å². The summed E-state index contributed by atoms with van der Waals surface area (Å²) in [6.07, 6.45) is 2.00. The third-order valence-corrected chi connectivity index (χ3v) is 6.42. The van der Waals surface area contributed by atoms with E-state index in [1.54, 1.807) is 12.1 Å². The Morgan fingerprint density at radius 2 is 2.00 bits per heavy atom. The van der Waals surface area contributed by atoms with Crippen molar-refractivity contribution in [1.29, 1.82) is 0 Å². The number of carbonyl (C=O) groups is 2. The highest BCUT2D eigenvalue weighted by Gasteiger charge is 2.30. The van der Waals surface area contributed by atoms with Gasteiger partial charge in [-0.3, -0.25) is 9.59 Å². The van der Waals surface area contributed by atoms with E-state index >= 15 is 0 Å². The molecule has 0 saturated carbocycles. The minimum atomic E-state index is -3.21. The summed E-state index contributed by atoms with van der Waals surface area (Å²) in [6.45, 7) is 0.340. The Morgan fingerprint density at radius 1 is 1.36 bits per heavy atom. The van der Waals surface area contributed by atoms with Crippen LogP contribution in [0.5, 0.6) is 0 Å². The van der Waals surface area contributed by atoms with E-state index in [1.165, 1.54) is 15.6 Å². The number of halogens is 1. The topological polar surface area (TPSA) is 80.8 Å². The van der Waals surface area contributed by atoms with Crippen LogP contribution >= 0.6 is 27.3 Å². The number of rotatable bonds is 5. The van der Waals surface area contributed by atoms with E-state index in [1.807, 2.05) is 0 Å². The van der Waals surface area contributed by atoms with Gasteiger partial charge in [-0.2, -0.15) is 0 Å². The molecule has 0 atom stereocenters. The summed E-state index contributed by atoms with van der Waals surface area (Å²) in [7, 11) is -3.21. The van der Waals surface area contributed by atoms with Crippen LogP contribution in [0.1, 0.15) is 22.5 Å². The van der Waals surface area contributed by atoms with Crippen molar-refractivity contribution in [3.05, 3.63) is 20.8 Å². The van der Waals surface area contributed by atoms with Gasteiger partial charge in [0.2, 0.25) is 15.8 Å². The number of Topliss-reactive ketones (excluding diaryl/α,β-unsaturated/α-hetero) is 1. The van der Waals surface area contributed by atoms with Crippen molar-refractivity contribution >= 4 is 49.0 Å². The van der Waals surface area contributed by atoms with Crippen molar-refractivity contribution in [3.8, 4) is 0 Å². The van der Waals surface area contributed by atoms with Crippen molar-refractivity contribution in [2.75, 3.05) is 26.0 Å². The average Bonchev–Trinajstić information content (AvgIpc) is 2.90. The second-order valence-corrected chi connectivity index (χ2v) is 9.52. The molecule has 0 amide bonds. The molecule has 22 heavy (non-hydrogen) atoms. The number of sulfonamides is 1. The van der Waals surface area contributed by atoms with E-state index in [4.69, 9.17) is 4.74 Å². The lowest BCUT2D eigenvalue weighted by molar-refractivity contribution is -0.148. The molecule has 0 radical (unpaired) electrons. The molecular weight excluding hydrogens is 394 g/mol. The molecule has 0 bridgehead atoms. The maximum Gasteiger partial charge on any atom is 0.309 e. The zero-order chi connectivity index (χ0) is 16.3. The predicted molar refractivity (Wildman–Crippen MR) is 86.4 cm³/mol. The quantitative estimate of drug-likeness (QED) is 0.547. The number of ketones is 1. The standard InChI is InChI=1S/C13H16BrNO5S2/c1-22(18,19)15-6-4-9(5-7-15)13(17)20-8-10(16)11-2-3-12(14)21-11/h2-3,9H,4-8H2,1H3. The molecule has 0 spiro atoms. The Kier molecular flexibility index (Phi) is 5.76. The fourth-order valence-electron chi connectivity index (χ4n) is 2.21. The molecule has 6 nitrogen and oxygen atoms in total. The highest BCUT2D eigenvalue weighted by Crippen LogP contribution is 2.23. The first-order valence-electron chi connectivity index (χ1n) is 6.67. The maximum absolute atomic E-state index is 11.9. The first-order chi connectivity index (χ1) is 10.3. The van der Waals surface area contributed by atoms with Crippen molar-refractivity contribution in [2.24, 2.45) is 5.92 Å². The smallest absolute Gasteiger partial charge is 0.309 e. The Bertz CT molecular complexity index is 662. The number of carbonyl (C=O) groups excluding carboxylic acids is 2. The lowest BCUT2D eigenvalue weighted by Gasteiger charge is -2.28. The molecule has 0 unspecified atom stereocenters. The Hall–Kier alpha value is -0.770. The van der Waals surface area contributed by atoms with Crippen molar-refractivity contribution in [3.63, 3.8) is 0 Å². The molecule has 0 aromatic carbocycles. The van der Waals surface area contributed by atoms with Gasteiger partial charge >= 0.3 is 5.97 Å². The largest absolute Gasteiger partial charge is 0.457 e. The van der Waals surface area contributed by atoms with Gasteiger partial charge in [0.1, 0.15) is 0 Å². The third-order valence-electron chi connectivity index (χ3n) is 3.45. The second kappa shape index (κ2) is 7.20. The van der Waals surface area contributed by atoms with Crippen LogP contribution in [-0.4, -0.2) is 50.4 Å². The number of hydrogen-bond donors (Lipinski definition) is 0. The number of ether oxygens (including phenoxy) is 1. The molecule has 1 aliphatic heterocycles. The van der Waals surface area contributed by atoms with Gasteiger partial charge in [-0.15, -0.1) is 11.3 Å². The summed E-state index contributed by atoms with van der Waals surface area (Å²) in [6, 6.07) is 3.44. The molecular formula is C13H16BrNO5S2. The predicted octanol–water partition coefficient (Wildman–Crippen LogP) is 1.91. The van der Waals surface area contributed by atoms with Crippen LogP contribution in [0.15, 0.2) is 15.9 Å². The number of thiophene rings is 1. The number of hydrogen-bond acceptors (Lipinski definition) is 6. The summed E-state index contributed by atoms with van der Waals surface area (Å²) in [5.41, 5.74) is 0. The molecule has 2 heterocycles. The Balaban J connectivity index is 1.80. The van der Waals surface area contributed by atoms with E-state index < -0.39 is 16.0 Å². The van der Waals surface area contributed by atoms with Crippen molar-refractivity contribution in [2.45, 2.75) is 12.8 Å². The van der Waals surface area contributed by atoms with Gasteiger partial charge in [0.15, 0.2) is 6.61 Å². The summed E-state index contributed by atoms with van der Waals surface area (Å²) in [5.74, 6) is -1.02. The number of esters is 1.